The molecule has 1 aromatic carbocycles. The Balaban J connectivity index is 1.49. The number of fused-ring (bicyclic) bond motifs is 1. The number of halogens is 3. The van der Waals surface area contributed by atoms with Crippen LogP contribution in [0.1, 0.15) is 42.9 Å². The molecule has 4 rings (SSSR count). The molecule has 12 heteroatoms. The van der Waals surface area contributed by atoms with Crippen LogP contribution < -0.4 is 25.0 Å². The number of nitrogens with zero attached hydrogens (tertiary/aromatic N) is 2. The van der Waals surface area contributed by atoms with Crippen molar-refractivity contribution in [1.29, 1.82) is 0 Å². The monoisotopic (exact) mass is 522 g/mol. The third-order valence-corrected chi connectivity index (χ3v) is 6.06. The highest BCUT2D eigenvalue weighted by Gasteiger charge is 2.32. The number of aryl methyl sites for hydroxylation is 1. The second-order valence-corrected chi connectivity index (χ2v) is 9.12. The van der Waals surface area contributed by atoms with Crippen LogP contribution in [0.15, 0.2) is 30.3 Å². The van der Waals surface area contributed by atoms with Crippen LogP contribution >= 0.6 is 0 Å². The SMILES string of the molecule is COCC(NC(=O)N1CC(=O)Nc2cc(C)c(OCCCC3CC3)nc21)c1ccc(OC(F)(F)F)cc1. The molecule has 1 saturated carbocycles. The number of alkyl halides is 3. The molecule has 2 N–H and O–H groups in total. The van der Waals surface area contributed by atoms with Gasteiger partial charge in [-0.25, -0.2) is 4.79 Å². The van der Waals surface area contributed by atoms with Gasteiger partial charge in [0.15, 0.2) is 5.82 Å². The summed E-state index contributed by atoms with van der Waals surface area (Å²) in [6.45, 7) is 2.09. The third-order valence-electron chi connectivity index (χ3n) is 6.06. The lowest BCUT2D eigenvalue weighted by molar-refractivity contribution is -0.274. The minimum atomic E-state index is -4.81. The Hall–Kier alpha value is -3.54. The number of pyridine rings is 1. The van der Waals surface area contributed by atoms with E-state index >= 15 is 0 Å². The summed E-state index contributed by atoms with van der Waals surface area (Å²) in [5, 5.41) is 5.51. The number of urea groups is 1. The number of hydrogen-bond donors (Lipinski definition) is 2. The van der Waals surface area contributed by atoms with Gasteiger partial charge in [0.25, 0.3) is 0 Å². The predicted molar refractivity (Wildman–Crippen MR) is 129 cm³/mol. The third kappa shape index (κ3) is 7.25. The Labute approximate surface area is 212 Å². The zero-order valence-electron chi connectivity index (χ0n) is 20.6. The number of methoxy groups -OCH3 is 1. The highest BCUT2D eigenvalue weighted by atomic mass is 19.4. The van der Waals surface area contributed by atoms with Crippen molar-refractivity contribution in [3.05, 3.63) is 41.5 Å². The highest BCUT2D eigenvalue weighted by molar-refractivity contribution is 6.08. The molecule has 2 heterocycles. The number of hydrogen-bond acceptors (Lipinski definition) is 6. The number of rotatable bonds is 10. The maximum absolute atomic E-state index is 13.3. The number of ether oxygens (including phenoxy) is 3. The molecule has 200 valence electrons. The molecule has 1 aromatic heterocycles. The molecule has 0 bridgehead atoms. The first-order valence-corrected chi connectivity index (χ1v) is 12.0. The zero-order valence-corrected chi connectivity index (χ0v) is 20.6. The van der Waals surface area contributed by atoms with Crippen molar-refractivity contribution in [3.8, 4) is 11.6 Å². The van der Waals surface area contributed by atoms with Crippen molar-refractivity contribution in [2.75, 3.05) is 37.1 Å². The Bertz CT molecular complexity index is 1120. The average Bonchev–Trinajstić information content (AvgIpc) is 3.65. The van der Waals surface area contributed by atoms with Crippen LogP contribution in [0.25, 0.3) is 0 Å². The molecule has 1 fully saturated rings. The van der Waals surface area contributed by atoms with E-state index in [-0.39, 0.29) is 30.6 Å². The minimum absolute atomic E-state index is 0.0365. The molecule has 2 aromatic rings. The molecule has 1 atom stereocenters. The predicted octanol–water partition coefficient (Wildman–Crippen LogP) is 4.71. The Kier molecular flexibility index (Phi) is 8.06. The van der Waals surface area contributed by atoms with E-state index in [0.717, 1.165) is 36.5 Å². The molecule has 1 aliphatic carbocycles. The van der Waals surface area contributed by atoms with E-state index in [2.05, 4.69) is 20.4 Å². The van der Waals surface area contributed by atoms with Gasteiger partial charge < -0.3 is 24.8 Å². The van der Waals surface area contributed by atoms with Gasteiger partial charge in [-0.15, -0.1) is 13.2 Å². The summed E-state index contributed by atoms with van der Waals surface area (Å²) in [5.41, 5.74) is 1.60. The fraction of sp³-hybridized carbons (Fsp3) is 0.480. The molecular formula is C25H29F3N4O5. The van der Waals surface area contributed by atoms with Gasteiger partial charge in [-0.1, -0.05) is 25.0 Å². The largest absolute Gasteiger partial charge is 0.573 e. The van der Waals surface area contributed by atoms with Gasteiger partial charge >= 0.3 is 12.4 Å². The zero-order chi connectivity index (χ0) is 26.6. The summed E-state index contributed by atoms with van der Waals surface area (Å²) in [7, 11) is 1.43. The minimum Gasteiger partial charge on any atom is -0.477 e. The van der Waals surface area contributed by atoms with Crippen molar-refractivity contribution in [1.82, 2.24) is 10.3 Å². The highest BCUT2D eigenvalue weighted by Crippen LogP contribution is 2.35. The normalized spacial score (nSPS) is 16.0. The van der Waals surface area contributed by atoms with E-state index in [0.29, 0.717) is 23.7 Å². The van der Waals surface area contributed by atoms with E-state index in [1.807, 2.05) is 6.92 Å². The summed E-state index contributed by atoms with van der Waals surface area (Å²) in [6.07, 6.45) is -0.242. The Morgan fingerprint density at radius 2 is 2.00 bits per heavy atom. The first-order valence-electron chi connectivity index (χ1n) is 12.0. The molecule has 9 nitrogen and oxygen atoms in total. The number of carbonyl (C=O) groups excluding carboxylic acids is 2. The molecule has 0 spiro atoms. The van der Waals surface area contributed by atoms with Crippen LogP contribution in [-0.4, -0.2) is 50.2 Å². The second-order valence-electron chi connectivity index (χ2n) is 9.12. The number of amides is 3. The van der Waals surface area contributed by atoms with Gasteiger partial charge in [0.2, 0.25) is 11.8 Å². The number of carbonyl (C=O) groups is 2. The van der Waals surface area contributed by atoms with Gasteiger partial charge in [-0.05, 0) is 49.4 Å². The van der Waals surface area contributed by atoms with Crippen LogP contribution in [-0.2, 0) is 9.53 Å². The van der Waals surface area contributed by atoms with Gasteiger partial charge in [-0.3, -0.25) is 9.69 Å². The first kappa shape index (κ1) is 26.5. The summed E-state index contributed by atoms with van der Waals surface area (Å²) >= 11 is 0. The van der Waals surface area contributed by atoms with Crippen molar-refractivity contribution < 1.29 is 37.0 Å². The lowest BCUT2D eigenvalue weighted by atomic mass is 10.1. The van der Waals surface area contributed by atoms with E-state index in [1.165, 1.54) is 37.0 Å². The maximum atomic E-state index is 13.3. The van der Waals surface area contributed by atoms with Crippen LogP contribution in [0.2, 0.25) is 0 Å². The second kappa shape index (κ2) is 11.2. The number of aromatic nitrogens is 1. The quantitative estimate of drug-likeness (QED) is 0.438. The van der Waals surface area contributed by atoms with Crippen molar-refractivity contribution >= 4 is 23.4 Å². The molecule has 1 unspecified atom stereocenters. The Morgan fingerprint density at radius 1 is 1.27 bits per heavy atom. The first-order chi connectivity index (χ1) is 17.6. The van der Waals surface area contributed by atoms with Crippen LogP contribution in [0.3, 0.4) is 0 Å². The van der Waals surface area contributed by atoms with Gasteiger partial charge in [0.1, 0.15) is 12.3 Å². The molecular weight excluding hydrogens is 493 g/mol. The van der Waals surface area contributed by atoms with Crippen molar-refractivity contribution in [2.24, 2.45) is 5.92 Å². The number of nitrogens with one attached hydrogen (secondary N) is 2. The van der Waals surface area contributed by atoms with Gasteiger partial charge in [0.05, 0.1) is 24.9 Å². The average molecular weight is 523 g/mol. The summed E-state index contributed by atoms with van der Waals surface area (Å²) in [5.74, 6) is 0.648. The topological polar surface area (TPSA) is 102 Å². The van der Waals surface area contributed by atoms with E-state index in [9.17, 15) is 22.8 Å². The standard InChI is InChI=1S/C25H29F3N4O5/c1-15-12-19-22(31-23(15)36-11-3-4-16-5-6-16)32(13-21(33)29-19)24(34)30-20(14-35-2)17-7-9-18(10-8-17)37-25(26,27)28/h7-10,12,16,20H,3-6,11,13-14H2,1-2H3,(H,29,33)(H,30,34). The van der Waals surface area contributed by atoms with Gasteiger partial charge in [0, 0.05) is 12.7 Å². The van der Waals surface area contributed by atoms with Gasteiger partial charge in [-0.2, -0.15) is 4.98 Å². The summed E-state index contributed by atoms with van der Waals surface area (Å²) in [6, 6.07) is 5.48. The van der Waals surface area contributed by atoms with Crippen LogP contribution in [0, 0.1) is 12.8 Å². The van der Waals surface area contributed by atoms with E-state index in [1.54, 1.807) is 6.07 Å². The molecule has 0 radical (unpaired) electrons. The Morgan fingerprint density at radius 3 is 2.65 bits per heavy atom. The molecule has 37 heavy (non-hydrogen) atoms. The van der Waals surface area contributed by atoms with Crippen molar-refractivity contribution in [2.45, 2.75) is 45.0 Å². The van der Waals surface area contributed by atoms with E-state index in [4.69, 9.17) is 9.47 Å². The smallest absolute Gasteiger partial charge is 0.477 e. The van der Waals surface area contributed by atoms with E-state index < -0.39 is 18.4 Å². The maximum Gasteiger partial charge on any atom is 0.573 e. The molecule has 3 amide bonds. The van der Waals surface area contributed by atoms with Crippen LogP contribution in [0.4, 0.5) is 29.5 Å². The number of anilines is 2. The lowest BCUT2D eigenvalue weighted by Crippen LogP contribution is -2.49. The molecule has 2 aliphatic rings. The number of benzene rings is 1. The fourth-order valence-electron chi connectivity index (χ4n) is 4.07. The van der Waals surface area contributed by atoms with Crippen molar-refractivity contribution in [3.63, 3.8) is 0 Å². The molecule has 1 aliphatic heterocycles. The lowest BCUT2D eigenvalue weighted by Gasteiger charge is -2.30. The fourth-order valence-corrected chi connectivity index (χ4v) is 4.07. The summed E-state index contributed by atoms with van der Waals surface area (Å²) < 4.78 is 52.4. The summed E-state index contributed by atoms with van der Waals surface area (Å²) in [4.78, 5) is 31.3. The molecule has 0 saturated heterocycles. The van der Waals surface area contributed by atoms with Crippen LogP contribution in [0.5, 0.6) is 11.6 Å².